The van der Waals surface area contributed by atoms with Crippen LogP contribution in [0.3, 0.4) is 0 Å². The molecule has 1 aliphatic heterocycles. The van der Waals surface area contributed by atoms with Crippen LogP contribution in [-0.2, 0) is 4.79 Å². The van der Waals surface area contributed by atoms with Crippen LogP contribution in [0.25, 0.3) is 0 Å². The highest BCUT2D eigenvalue weighted by Crippen LogP contribution is 2.47. The highest BCUT2D eigenvalue weighted by atomic mass is 35.5. The number of rotatable bonds is 2. The number of anilines is 2. The van der Waals surface area contributed by atoms with Crippen LogP contribution in [0.2, 0.25) is 0 Å². The van der Waals surface area contributed by atoms with E-state index in [1.54, 1.807) is 16.7 Å². The van der Waals surface area contributed by atoms with Crippen molar-refractivity contribution >= 4 is 41.5 Å². The SMILES string of the molecule is Cl.NCCC(=O)N1c2ccccc2Sc2ccccc21. The standard InChI is InChI=1S/C15H14N2OS.ClH/c16-10-9-15(18)17-11-5-1-3-7-13(11)19-14-8-4-2-6-12(14)17;/h1-8H,9-10,16H2;1H. The maximum atomic E-state index is 12.4. The van der Waals surface area contributed by atoms with Crippen LogP contribution in [0, 0.1) is 0 Å². The van der Waals surface area contributed by atoms with E-state index in [0.29, 0.717) is 13.0 Å². The lowest BCUT2D eigenvalue weighted by Gasteiger charge is -2.30. The molecule has 20 heavy (non-hydrogen) atoms. The van der Waals surface area contributed by atoms with Gasteiger partial charge >= 0.3 is 0 Å². The quantitative estimate of drug-likeness (QED) is 0.922. The van der Waals surface area contributed by atoms with Crippen molar-refractivity contribution in [3.05, 3.63) is 48.5 Å². The summed E-state index contributed by atoms with van der Waals surface area (Å²) in [6, 6.07) is 15.9. The molecule has 104 valence electrons. The molecular formula is C15H15ClN2OS. The van der Waals surface area contributed by atoms with Crippen LogP contribution in [0.15, 0.2) is 58.3 Å². The van der Waals surface area contributed by atoms with Crippen molar-refractivity contribution in [3.8, 4) is 0 Å². The first kappa shape index (κ1) is 14.9. The third kappa shape index (κ3) is 2.54. The zero-order valence-corrected chi connectivity index (χ0v) is 12.4. The van der Waals surface area contributed by atoms with Crippen LogP contribution >= 0.6 is 24.2 Å². The fraction of sp³-hybridized carbons (Fsp3) is 0.133. The molecule has 2 N–H and O–H groups in total. The number of hydrogen-bond acceptors (Lipinski definition) is 3. The molecule has 0 fully saturated rings. The second-order valence-corrected chi connectivity index (χ2v) is 5.39. The molecule has 1 amide bonds. The van der Waals surface area contributed by atoms with Gasteiger partial charge in [0.2, 0.25) is 5.91 Å². The van der Waals surface area contributed by atoms with E-state index in [9.17, 15) is 4.79 Å². The second kappa shape index (κ2) is 6.31. The van der Waals surface area contributed by atoms with Crippen molar-refractivity contribution in [2.75, 3.05) is 11.4 Å². The summed E-state index contributed by atoms with van der Waals surface area (Å²) in [6.45, 7) is 0.368. The van der Waals surface area contributed by atoms with Gasteiger partial charge in [-0.15, -0.1) is 12.4 Å². The lowest BCUT2D eigenvalue weighted by atomic mass is 10.2. The fourth-order valence-corrected chi connectivity index (χ4v) is 3.27. The number of carbonyl (C=O) groups is 1. The number of carbonyl (C=O) groups excluding carboxylic acids is 1. The lowest BCUT2D eigenvalue weighted by Crippen LogP contribution is -2.29. The Balaban J connectivity index is 0.00000147. The molecule has 0 saturated heterocycles. The average Bonchev–Trinajstić information content (AvgIpc) is 2.44. The van der Waals surface area contributed by atoms with Crippen LogP contribution in [-0.4, -0.2) is 12.5 Å². The van der Waals surface area contributed by atoms with E-state index in [-0.39, 0.29) is 18.3 Å². The molecular weight excluding hydrogens is 292 g/mol. The van der Waals surface area contributed by atoms with Gasteiger partial charge in [-0.25, -0.2) is 0 Å². The smallest absolute Gasteiger partial charge is 0.232 e. The topological polar surface area (TPSA) is 46.3 Å². The fourth-order valence-electron chi connectivity index (χ4n) is 2.21. The molecule has 1 aliphatic rings. The van der Waals surface area contributed by atoms with E-state index in [2.05, 4.69) is 0 Å². The van der Waals surface area contributed by atoms with E-state index < -0.39 is 0 Å². The van der Waals surface area contributed by atoms with Gasteiger partial charge < -0.3 is 5.73 Å². The number of benzene rings is 2. The Hall–Kier alpha value is -1.49. The first-order chi connectivity index (χ1) is 9.31. The summed E-state index contributed by atoms with van der Waals surface area (Å²) in [5, 5.41) is 0. The number of fused-ring (bicyclic) bond motifs is 2. The number of halogens is 1. The Kier molecular flexibility index (Phi) is 4.70. The summed E-state index contributed by atoms with van der Waals surface area (Å²) < 4.78 is 0. The third-order valence-electron chi connectivity index (χ3n) is 3.04. The van der Waals surface area contributed by atoms with Gasteiger partial charge in [0.05, 0.1) is 11.4 Å². The number of hydrogen-bond donors (Lipinski definition) is 1. The molecule has 0 saturated carbocycles. The van der Waals surface area contributed by atoms with Crippen molar-refractivity contribution < 1.29 is 4.79 Å². The first-order valence-electron chi connectivity index (χ1n) is 6.20. The van der Waals surface area contributed by atoms with E-state index in [1.165, 1.54) is 0 Å². The maximum absolute atomic E-state index is 12.4. The summed E-state index contributed by atoms with van der Waals surface area (Å²) in [7, 11) is 0. The Morgan fingerprint density at radius 1 is 1.00 bits per heavy atom. The number of nitrogens with two attached hydrogens (primary N) is 1. The van der Waals surface area contributed by atoms with Crippen LogP contribution in [0.4, 0.5) is 11.4 Å². The van der Waals surface area contributed by atoms with Gasteiger partial charge in [-0.05, 0) is 24.3 Å². The van der Waals surface area contributed by atoms with Gasteiger partial charge in [-0.2, -0.15) is 0 Å². The Morgan fingerprint density at radius 3 is 2.00 bits per heavy atom. The van der Waals surface area contributed by atoms with E-state index in [0.717, 1.165) is 21.2 Å². The molecule has 0 bridgehead atoms. The monoisotopic (exact) mass is 306 g/mol. The normalized spacial score (nSPS) is 12.2. The van der Waals surface area contributed by atoms with E-state index >= 15 is 0 Å². The zero-order valence-electron chi connectivity index (χ0n) is 10.8. The van der Waals surface area contributed by atoms with Gasteiger partial charge in [0, 0.05) is 22.8 Å². The molecule has 0 unspecified atom stereocenters. The number of amides is 1. The Morgan fingerprint density at radius 2 is 1.50 bits per heavy atom. The van der Waals surface area contributed by atoms with Gasteiger partial charge in [-0.1, -0.05) is 36.0 Å². The van der Waals surface area contributed by atoms with Crippen molar-refractivity contribution in [1.29, 1.82) is 0 Å². The molecule has 0 aliphatic carbocycles. The van der Waals surface area contributed by atoms with E-state index in [1.807, 2.05) is 48.5 Å². The number of para-hydroxylation sites is 2. The van der Waals surface area contributed by atoms with Gasteiger partial charge in [0.25, 0.3) is 0 Å². The minimum Gasteiger partial charge on any atom is -0.330 e. The van der Waals surface area contributed by atoms with Crippen LogP contribution in [0.1, 0.15) is 6.42 Å². The largest absolute Gasteiger partial charge is 0.330 e. The molecule has 3 rings (SSSR count). The number of nitrogens with zero attached hydrogens (tertiary/aromatic N) is 1. The van der Waals surface area contributed by atoms with Crippen molar-refractivity contribution in [2.45, 2.75) is 16.2 Å². The van der Waals surface area contributed by atoms with Crippen molar-refractivity contribution in [2.24, 2.45) is 5.73 Å². The second-order valence-electron chi connectivity index (χ2n) is 4.31. The predicted octanol–water partition coefficient (Wildman–Crippen LogP) is 3.59. The highest BCUT2D eigenvalue weighted by Gasteiger charge is 2.26. The molecule has 5 heteroatoms. The third-order valence-corrected chi connectivity index (χ3v) is 4.17. The van der Waals surface area contributed by atoms with Crippen LogP contribution in [0.5, 0.6) is 0 Å². The van der Waals surface area contributed by atoms with Crippen molar-refractivity contribution in [1.82, 2.24) is 0 Å². The summed E-state index contributed by atoms with van der Waals surface area (Å²) in [5.41, 5.74) is 7.42. The van der Waals surface area contributed by atoms with Crippen molar-refractivity contribution in [3.63, 3.8) is 0 Å². The molecule has 2 aromatic carbocycles. The minimum absolute atomic E-state index is 0. The van der Waals surface area contributed by atoms with Gasteiger partial charge in [0.1, 0.15) is 0 Å². The minimum atomic E-state index is 0. The summed E-state index contributed by atoms with van der Waals surface area (Å²) in [6.07, 6.45) is 0.354. The summed E-state index contributed by atoms with van der Waals surface area (Å²) in [5.74, 6) is 0.0442. The average molecular weight is 307 g/mol. The molecule has 1 heterocycles. The predicted molar refractivity (Wildman–Crippen MR) is 85.1 cm³/mol. The molecule has 0 aromatic heterocycles. The van der Waals surface area contributed by atoms with Gasteiger partial charge in [0.15, 0.2) is 0 Å². The van der Waals surface area contributed by atoms with E-state index in [4.69, 9.17) is 5.73 Å². The Labute approximate surface area is 128 Å². The maximum Gasteiger partial charge on any atom is 0.232 e. The summed E-state index contributed by atoms with van der Waals surface area (Å²) in [4.78, 5) is 16.4. The summed E-state index contributed by atoms with van der Waals surface area (Å²) >= 11 is 1.70. The Bertz CT molecular complexity index is 587. The zero-order chi connectivity index (χ0) is 13.2. The molecule has 0 radical (unpaired) electrons. The first-order valence-corrected chi connectivity index (χ1v) is 7.02. The molecule has 3 nitrogen and oxygen atoms in total. The molecule has 0 spiro atoms. The molecule has 2 aromatic rings. The van der Waals surface area contributed by atoms with Crippen LogP contribution < -0.4 is 10.6 Å². The molecule has 0 atom stereocenters. The highest BCUT2D eigenvalue weighted by molar-refractivity contribution is 7.99. The van der Waals surface area contributed by atoms with Gasteiger partial charge in [-0.3, -0.25) is 9.69 Å². The lowest BCUT2D eigenvalue weighted by molar-refractivity contribution is -0.117.